The van der Waals surface area contributed by atoms with Crippen molar-refractivity contribution in [2.45, 2.75) is 58.3 Å². The topological polar surface area (TPSA) is 75.1 Å². The molecule has 0 bridgehead atoms. The lowest BCUT2D eigenvalue weighted by molar-refractivity contribution is 0.137. The second-order valence-corrected chi connectivity index (χ2v) is 7.95. The molecule has 30 heavy (non-hydrogen) atoms. The molecule has 0 heterocycles. The molecule has 0 unspecified atom stereocenters. The van der Waals surface area contributed by atoms with Crippen LogP contribution in [0.5, 0.6) is 11.5 Å². The summed E-state index contributed by atoms with van der Waals surface area (Å²) in [7, 11) is 3.32. The maximum absolute atomic E-state index is 9.51. The summed E-state index contributed by atoms with van der Waals surface area (Å²) in [6.45, 7) is 4.83. The molecular weight excluding hydrogens is 493 g/mol. The average molecular weight is 533 g/mol. The molecule has 6 nitrogen and oxygen atoms in total. The molecule has 0 atom stereocenters. The summed E-state index contributed by atoms with van der Waals surface area (Å²) in [5.41, 5.74) is 1.41. The highest BCUT2D eigenvalue weighted by atomic mass is 127. The minimum Gasteiger partial charge on any atom is -0.493 e. The fraction of sp³-hybridized carbons (Fsp3) is 0.696. The van der Waals surface area contributed by atoms with Crippen molar-refractivity contribution in [1.29, 1.82) is 0 Å². The quantitative estimate of drug-likeness (QED) is 0.173. The van der Waals surface area contributed by atoms with E-state index in [-0.39, 0.29) is 36.0 Å². The fourth-order valence-electron chi connectivity index (χ4n) is 4.15. The van der Waals surface area contributed by atoms with Crippen LogP contribution in [-0.2, 0) is 6.42 Å². The Balaban J connectivity index is 0.00000450. The normalized spacial score (nSPS) is 15.8. The van der Waals surface area contributed by atoms with Crippen LogP contribution in [0.3, 0.4) is 0 Å². The third kappa shape index (κ3) is 8.49. The molecule has 2 rings (SSSR count). The van der Waals surface area contributed by atoms with Crippen LogP contribution in [0.1, 0.15) is 57.4 Å². The van der Waals surface area contributed by atoms with Gasteiger partial charge in [0.05, 0.1) is 14.2 Å². The molecule has 1 aliphatic carbocycles. The van der Waals surface area contributed by atoms with Gasteiger partial charge in [-0.05, 0) is 62.1 Å². The molecule has 172 valence electrons. The number of hydrogen-bond donors (Lipinski definition) is 3. The van der Waals surface area contributed by atoms with Gasteiger partial charge in [-0.2, -0.15) is 0 Å². The van der Waals surface area contributed by atoms with E-state index in [9.17, 15) is 5.11 Å². The highest BCUT2D eigenvalue weighted by molar-refractivity contribution is 14.0. The van der Waals surface area contributed by atoms with Gasteiger partial charge in [0.15, 0.2) is 17.5 Å². The van der Waals surface area contributed by atoms with E-state index in [4.69, 9.17) is 14.5 Å². The summed E-state index contributed by atoms with van der Waals surface area (Å²) in [5.74, 6) is 2.41. The number of methoxy groups -OCH3 is 2. The first-order valence-electron chi connectivity index (χ1n) is 11.0. The lowest BCUT2D eigenvalue weighted by atomic mass is 9.72. The largest absolute Gasteiger partial charge is 0.493 e. The van der Waals surface area contributed by atoms with E-state index in [0.29, 0.717) is 0 Å². The van der Waals surface area contributed by atoms with Crippen molar-refractivity contribution in [2.75, 3.05) is 40.5 Å². The summed E-state index contributed by atoms with van der Waals surface area (Å²) in [6.07, 6.45) is 8.99. The van der Waals surface area contributed by atoms with E-state index >= 15 is 0 Å². The number of halogens is 1. The van der Waals surface area contributed by atoms with E-state index in [1.165, 1.54) is 37.7 Å². The Morgan fingerprint density at radius 3 is 2.47 bits per heavy atom. The number of rotatable bonds is 11. The van der Waals surface area contributed by atoms with Gasteiger partial charge in [-0.1, -0.05) is 25.3 Å². The SMILES string of the molecule is CCNC(=NCC1(CCO)CCCCC1)NCCCc1ccc(OC)c(OC)c1.I. The number of ether oxygens (including phenoxy) is 2. The molecule has 0 amide bonds. The van der Waals surface area contributed by atoms with Gasteiger partial charge in [-0.15, -0.1) is 24.0 Å². The van der Waals surface area contributed by atoms with Crippen molar-refractivity contribution in [3.8, 4) is 11.5 Å². The van der Waals surface area contributed by atoms with Crippen LogP contribution >= 0.6 is 24.0 Å². The standard InChI is InChI=1S/C23H39N3O3.HI/c1-4-24-22(26-18-23(14-16-27)12-6-5-7-13-23)25-15-8-9-19-10-11-20(28-2)21(17-19)29-3;/h10-11,17,27H,4-9,12-16,18H2,1-3H3,(H2,24,25,26);1H. The molecule has 0 radical (unpaired) electrons. The highest BCUT2D eigenvalue weighted by Crippen LogP contribution is 2.39. The number of benzene rings is 1. The zero-order valence-electron chi connectivity index (χ0n) is 18.8. The first kappa shape index (κ1) is 26.8. The van der Waals surface area contributed by atoms with Crippen LogP contribution in [0, 0.1) is 5.41 Å². The second-order valence-electron chi connectivity index (χ2n) is 7.95. The Labute approximate surface area is 199 Å². The summed E-state index contributed by atoms with van der Waals surface area (Å²) < 4.78 is 10.7. The smallest absolute Gasteiger partial charge is 0.191 e. The Hall–Kier alpha value is -1.22. The van der Waals surface area contributed by atoms with Crippen molar-refractivity contribution in [3.63, 3.8) is 0 Å². The van der Waals surface area contributed by atoms with Crippen molar-refractivity contribution in [3.05, 3.63) is 23.8 Å². The van der Waals surface area contributed by atoms with Crippen molar-refractivity contribution < 1.29 is 14.6 Å². The summed E-state index contributed by atoms with van der Waals surface area (Å²) >= 11 is 0. The Kier molecular flexibility index (Phi) is 13.2. The van der Waals surface area contributed by atoms with E-state index < -0.39 is 0 Å². The molecule has 0 spiro atoms. The van der Waals surface area contributed by atoms with Crippen molar-refractivity contribution in [2.24, 2.45) is 10.4 Å². The second kappa shape index (κ2) is 14.7. The number of guanidine groups is 1. The molecule has 0 aliphatic heterocycles. The number of hydrogen-bond acceptors (Lipinski definition) is 4. The van der Waals surface area contributed by atoms with Gasteiger partial charge in [0.1, 0.15) is 0 Å². The molecular formula is C23H40IN3O3. The molecule has 1 aromatic rings. The van der Waals surface area contributed by atoms with E-state index in [1.54, 1.807) is 14.2 Å². The number of aliphatic imine (C=N–C) groups is 1. The van der Waals surface area contributed by atoms with Gasteiger partial charge in [0, 0.05) is 26.2 Å². The first-order chi connectivity index (χ1) is 14.2. The van der Waals surface area contributed by atoms with E-state index in [2.05, 4.69) is 23.6 Å². The Bertz CT molecular complexity index is 629. The fourth-order valence-corrected chi connectivity index (χ4v) is 4.15. The molecule has 0 saturated heterocycles. The van der Waals surface area contributed by atoms with E-state index in [0.717, 1.165) is 56.4 Å². The summed E-state index contributed by atoms with van der Waals surface area (Å²) in [5, 5.41) is 16.3. The van der Waals surface area contributed by atoms with E-state index in [1.807, 2.05) is 12.1 Å². The van der Waals surface area contributed by atoms with Gasteiger partial charge in [0.2, 0.25) is 0 Å². The van der Waals surface area contributed by atoms with Crippen LogP contribution < -0.4 is 20.1 Å². The maximum Gasteiger partial charge on any atom is 0.191 e. The number of nitrogens with zero attached hydrogens (tertiary/aromatic N) is 1. The third-order valence-electron chi connectivity index (χ3n) is 5.86. The summed E-state index contributed by atoms with van der Waals surface area (Å²) in [4.78, 5) is 4.87. The third-order valence-corrected chi connectivity index (χ3v) is 5.86. The van der Waals surface area contributed by atoms with Crippen molar-refractivity contribution in [1.82, 2.24) is 10.6 Å². The predicted octanol–water partition coefficient (Wildman–Crippen LogP) is 4.14. The van der Waals surface area contributed by atoms with Crippen LogP contribution in [0.4, 0.5) is 0 Å². The molecule has 1 saturated carbocycles. The predicted molar refractivity (Wildman–Crippen MR) is 134 cm³/mol. The monoisotopic (exact) mass is 533 g/mol. The zero-order valence-corrected chi connectivity index (χ0v) is 21.2. The maximum atomic E-state index is 9.51. The molecule has 1 aromatic carbocycles. The average Bonchev–Trinajstić information content (AvgIpc) is 2.75. The molecule has 7 heteroatoms. The van der Waals surface area contributed by atoms with Gasteiger partial charge in [0.25, 0.3) is 0 Å². The van der Waals surface area contributed by atoms with Gasteiger partial charge in [-0.3, -0.25) is 4.99 Å². The molecule has 0 aromatic heterocycles. The summed E-state index contributed by atoms with van der Waals surface area (Å²) in [6, 6.07) is 6.08. The Morgan fingerprint density at radius 1 is 1.10 bits per heavy atom. The molecule has 1 fully saturated rings. The van der Waals surface area contributed by atoms with Crippen LogP contribution in [0.15, 0.2) is 23.2 Å². The number of aliphatic hydroxyl groups is 1. The highest BCUT2D eigenvalue weighted by Gasteiger charge is 2.31. The Morgan fingerprint density at radius 2 is 1.83 bits per heavy atom. The number of aryl methyl sites for hydroxylation is 1. The van der Waals surface area contributed by atoms with Gasteiger partial charge in [-0.25, -0.2) is 0 Å². The van der Waals surface area contributed by atoms with Crippen LogP contribution in [0.2, 0.25) is 0 Å². The lowest BCUT2D eigenvalue weighted by Gasteiger charge is -2.35. The number of aliphatic hydroxyl groups excluding tert-OH is 1. The lowest BCUT2D eigenvalue weighted by Crippen LogP contribution is -2.39. The minimum absolute atomic E-state index is 0. The molecule has 1 aliphatic rings. The number of nitrogens with one attached hydrogen (secondary N) is 2. The van der Waals surface area contributed by atoms with Gasteiger partial charge >= 0.3 is 0 Å². The first-order valence-corrected chi connectivity index (χ1v) is 11.0. The van der Waals surface area contributed by atoms with Gasteiger partial charge < -0.3 is 25.2 Å². The van der Waals surface area contributed by atoms with Crippen LogP contribution in [-0.4, -0.2) is 51.5 Å². The van der Waals surface area contributed by atoms with Crippen molar-refractivity contribution >= 4 is 29.9 Å². The minimum atomic E-state index is 0. The zero-order chi connectivity index (χ0) is 21.0. The molecule has 3 N–H and O–H groups in total. The van der Waals surface area contributed by atoms with Crippen LogP contribution in [0.25, 0.3) is 0 Å².